The highest BCUT2D eigenvalue weighted by Crippen LogP contribution is 2.12. The maximum atomic E-state index is 12.3. The minimum atomic E-state index is -0.397. The van der Waals surface area contributed by atoms with Gasteiger partial charge in [0.15, 0.2) is 11.2 Å². The molecule has 0 fully saturated rings. The van der Waals surface area contributed by atoms with Crippen LogP contribution < -0.4 is 10.7 Å². The molecule has 4 rings (SSSR count). The lowest BCUT2D eigenvalue weighted by Crippen LogP contribution is -2.26. The highest BCUT2D eigenvalue weighted by molar-refractivity contribution is 5.93. The summed E-state index contributed by atoms with van der Waals surface area (Å²) in [5, 5.41) is 7.44. The Balaban J connectivity index is 1.39. The molecule has 0 aliphatic rings. The fourth-order valence-corrected chi connectivity index (χ4v) is 2.86. The van der Waals surface area contributed by atoms with Gasteiger partial charge >= 0.3 is 0 Å². The van der Waals surface area contributed by atoms with Gasteiger partial charge in [-0.3, -0.25) is 9.59 Å². The van der Waals surface area contributed by atoms with Crippen molar-refractivity contribution in [2.75, 3.05) is 6.54 Å². The molecule has 0 aliphatic heterocycles. The Morgan fingerprint density at radius 1 is 1.07 bits per heavy atom. The summed E-state index contributed by atoms with van der Waals surface area (Å²) in [7, 11) is 0. The number of carbonyl (C=O) groups is 1. The number of para-hydroxylation sites is 1. The van der Waals surface area contributed by atoms with Crippen molar-refractivity contribution in [3.63, 3.8) is 0 Å². The largest absolute Gasteiger partial charge is 0.451 e. The highest BCUT2D eigenvalue weighted by Gasteiger charge is 2.11. The van der Waals surface area contributed by atoms with Crippen LogP contribution in [0, 0.1) is 0 Å². The van der Waals surface area contributed by atoms with Crippen LogP contribution in [0.5, 0.6) is 0 Å². The van der Waals surface area contributed by atoms with E-state index in [4.69, 9.17) is 4.42 Å². The smallest absolute Gasteiger partial charge is 0.287 e. The Hall–Kier alpha value is -3.67. The topological polar surface area (TPSA) is 77.1 Å². The van der Waals surface area contributed by atoms with Crippen LogP contribution in [0.2, 0.25) is 0 Å². The molecule has 1 amide bonds. The molecule has 0 aliphatic carbocycles. The Morgan fingerprint density at radius 2 is 1.89 bits per heavy atom. The van der Waals surface area contributed by atoms with Crippen molar-refractivity contribution in [1.82, 2.24) is 15.1 Å². The average Bonchev–Trinajstić information content (AvgIpc) is 3.23. The van der Waals surface area contributed by atoms with Crippen LogP contribution in [0.1, 0.15) is 16.1 Å². The van der Waals surface area contributed by atoms with Gasteiger partial charge in [0.2, 0.25) is 0 Å². The summed E-state index contributed by atoms with van der Waals surface area (Å²) < 4.78 is 7.33. The van der Waals surface area contributed by atoms with Gasteiger partial charge in [-0.1, -0.05) is 24.3 Å². The third kappa shape index (κ3) is 3.64. The predicted molar refractivity (Wildman–Crippen MR) is 102 cm³/mol. The number of nitrogens with zero attached hydrogens (tertiary/aromatic N) is 2. The van der Waals surface area contributed by atoms with Crippen molar-refractivity contribution >= 4 is 16.9 Å². The van der Waals surface area contributed by atoms with E-state index >= 15 is 0 Å². The summed E-state index contributed by atoms with van der Waals surface area (Å²) in [5.41, 5.74) is 2.25. The molecule has 27 heavy (non-hydrogen) atoms. The van der Waals surface area contributed by atoms with E-state index in [1.54, 1.807) is 35.1 Å². The number of hydrogen-bond acceptors (Lipinski definition) is 4. The Kier molecular flexibility index (Phi) is 4.53. The lowest BCUT2D eigenvalue weighted by molar-refractivity contribution is 0.0927. The zero-order chi connectivity index (χ0) is 18.6. The van der Waals surface area contributed by atoms with E-state index in [0.29, 0.717) is 23.9 Å². The molecular weight excluding hydrogens is 342 g/mol. The fourth-order valence-electron chi connectivity index (χ4n) is 2.86. The highest BCUT2D eigenvalue weighted by atomic mass is 16.3. The molecule has 2 aromatic heterocycles. The van der Waals surface area contributed by atoms with Crippen LogP contribution in [0.4, 0.5) is 0 Å². The fraction of sp³-hybridized carbons (Fsp3) is 0.0952. The first-order valence-electron chi connectivity index (χ1n) is 8.61. The molecular formula is C21H17N3O3. The van der Waals surface area contributed by atoms with E-state index in [-0.39, 0.29) is 11.2 Å². The summed E-state index contributed by atoms with van der Waals surface area (Å²) in [6.45, 7) is 0.441. The van der Waals surface area contributed by atoms with E-state index in [9.17, 15) is 9.59 Å². The third-order valence-corrected chi connectivity index (χ3v) is 4.26. The monoisotopic (exact) mass is 359 g/mol. The number of rotatable bonds is 5. The van der Waals surface area contributed by atoms with Gasteiger partial charge in [-0.25, -0.2) is 4.68 Å². The SMILES string of the molecule is O=C(NCCc1ccc(-n2cccn2)cc1)c1cc(=O)c2ccccc2o1. The first-order valence-corrected chi connectivity index (χ1v) is 8.61. The summed E-state index contributed by atoms with van der Waals surface area (Å²) in [5.74, 6) is -0.376. The van der Waals surface area contributed by atoms with Crippen molar-refractivity contribution < 1.29 is 9.21 Å². The number of carbonyl (C=O) groups excluding carboxylic acids is 1. The van der Waals surface area contributed by atoms with Gasteiger partial charge in [0.05, 0.1) is 11.1 Å². The van der Waals surface area contributed by atoms with Gasteiger partial charge in [-0.2, -0.15) is 5.10 Å². The van der Waals surface area contributed by atoms with Gasteiger partial charge in [0.1, 0.15) is 5.58 Å². The molecule has 134 valence electrons. The Morgan fingerprint density at radius 3 is 2.67 bits per heavy atom. The molecule has 0 spiro atoms. The van der Waals surface area contributed by atoms with Gasteiger partial charge < -0.3 is 9.73 Å². The van der Waals surface area contributed by atoms with E-state index < -0.39 is 5.91 Å². The normalized spacial score (nSPS) is 10.8. The van der Waals surface area contributed by atoms with E-state index in [1.807, 2.05) is 36.5 Å². The Bertz CT molecular complexity index is 1130. The first kappa shape index (κ1) is 16.8. The molecule has 2 aromatic carbocycles. The van der Waals surface area contributed by atoms with Crippen molar-refractivity contribution in [2.45, 2.75) is 6.42 Å². The van der Waals surface area contributed by atoms with Crippen molar-refractivity contribution in [1.29, 1.82) is 0 Å². The number of fused-ring (bicyclic) bond motifs is 1. The van der Waals surface area contributed by atoms with Gasteiger partial charge in [0, 0.05) is 25.0 Å². The molecule has 0 bridgehead atoms. The predicted octanol–water partition coefficient (Wildman–Crippen LogP) is 2.95. The van der Waals surface area contributed by atoms with Crippen LogP contribution in [0.3, 0.4) is 0 Å². The van der Waals surface area contributed by atoms with Crippen LogP contribution in [-0.4, -0.2) is 22.2 Å². The molecule has 6 heteroatoms. The second-order valence-electron chi connectivity index (χ2n) is 6.09. The molecule has 2 heterocycles. The summed E-state index contributed by atoms with van der Waals surface area (Å²) in [6, 6.07) is 17.9. The number of hydrogen-bond donors (Lipinski definition) is 1. The standard InChI is InChI=1S/C21H17N3O3/c25-18-14-20(27-19-5-2-1-4-17(18)19)21(26)22-12-10-15-6-8-16(9-7-15)24-13-3-11-23-24/h1-9,11,13-14H,10,12H2,(H,22,26). The zero-order valence-electron chi connectivity index (χ0n) is 14.5. The maximum absolute atomic E-state index is 12.3. The van der Waals surface area contributed by atoms with Gasteiger partial charge in [-0.15, -0.1) is 0 Å². The molecule has 4 aromatic rings. The lowest BCUT2D eigenvalue weighted by Gasteiger charge is -2.07. The number of benzene rings is 2. The molecule has 0 radical (unpaired) electrons. The zero-order valence-corrected chi connectivity index (χ0v) is 14.5. The van der Waals surface area contributed by atoms with Crippen molar-refractivity contribution in [3.8, 4) is 5.69 Å². The second-order valence-corrected chi connectivity index (χ2v) is 6.09. The van der Waals surface area contributed by atoms with Gasteiger partial charge in [0.25, 0.3) is 5.91 Å². The lowest BCUT2D eigenvalue weighted by atomic mass is 10.1. The average molecular weight is 359 g/mol. The molecule has 6 nitrogen and oxygen atoms in total. The van der Waals surface area contributed by atoms with Crippen LogP contribution in [0.25, 0.3) is 16.7 Å². The molecule has 0 atom stereocenters. The Labute approximate surface area is 155 Å². The number of aromatic nitrogens is 2. The van der Waals surface area contributed by atoms with E-state index in [2.05, 4.69) is 10.4 Å². The summed E-state index contributed by atoms with van der Waals surface area (Å²) in [6.07, 6.45) is 4.28. The quantitative estimate of drug-likeness (QED) is 0.594. The summed E-state index contributed by atoms with van der Waals surface area (Å²) in [4.78, 5) is 24.4. The maximum Gasteiger partial charge on any atom is 0.287 e. The minimum absolute atomic E-state index is 0.0210. The molecule has 0 unspecified atom stereocenters. The molecule has 1 N–H and O–H groups in total. The van der Waals surface area contributed by atoms with Crippen molar-refractivity contribution in [2.24, 2.45) is 0 Å². The third-order valence-electron chi connectivity index (χ3n) is 4.26. The number of amides is 1. The molecule has 0 saturated carbocycles. The summed E-state index contributed by atoms with van der Waals surface area (Å²) >= 11 is 0. The van der Waals surface area contributed by atoms with Crippen LogP contribution in [-0.2, 0) is 6.42 Å². The minimum Gasteiger partial charge on any atom is -0.451 e. The van der Waals surface area contributed by atoms with Gasteiger partial charge in [-0.05, 0) is 42.3 Å². The van der Waals surface area contributed by atoms with Crippen LogP contribution >= 0.6 is 0 Å². The van der Waals surface area contributed by atoms with Crippen LogP contribution in [0.15, 0.2) is 82.3 Å². The second kappa shape index (κ2) is 7.29. The van der Waals surface area contributed by atoms with E-state index in [0.717, 1.165) is 11.3 Å². The molecule has 0 saturated heterocycles. The van der Waals surface area contributed by atoms with Crippen molar-refractivity contribution in [3.05, 3.63) is 94.6 Å². The first-order chi connectivity index (χ1) is 13.2. The number of nitrogens with one attached hydrogen (secondary N) is 1. The van der Waals surface area contributed by atoms with E-state index in [1.165, 1.54) is 6.07 Å².